The Bertz CT molecular complexity index is 1270. The molecule has 0 unspecified atom stereocenters. The molecular formula is C25H19FN4OS. The lowest BCUT2D eigenvalue weighted by Crippen LogP contribution is -2.33. The lowest BCUT2D eigenvalue weighted by atomic mass is 10.1. The Morgan fingerprint density at radius 1 is 0.938 bits per heavy atom. The fourth-order valence-corrected chi connectivity index (χ4v) is 4.23. The van der Waals surface area contributed by atoms with Crippen molar-refractivity contribution in [2.75, 3.05) is 17.2 Å². The number of anilines is 1. The summed E-state index contributed by atoms with van der Waals surface area (Å²) in [7, 11) is 0. The Labute approximate surface area is 189 Å². The van der Waals surface area contributed by atoms with Crippen LogP contribution in [0.4, 0.5) is 10.1 Å². The Morgan fingerprint density at radius 3 is 2.34 bits per heavy atom. The van der Waals surface area contributed by atoms with Crippen molar-refractivity contribution in [1.29, 1.82) is 5.26 Å². The van der Waals surface area contributed by atoms with E-state index in [9.17, 15) is 9.18 Å². The van der Waals surface area contributed by atoms with Crippen LogP contribution in [-0.4, -0.2) is 28.4 Å². The number of nitriles is 1. The first kappa shape index (κ1) is 21.5. The molecule has 1 heterocycles. The van der Waals surface area contributed by atoms with Crippen LogP contribution >= 0.6 is 11.8 Å². The molecule has 0 spiro atoms. The summed E-state index contributed by atoms with van der Waals surface area (Å²) in [6.07, 6.45) is 0.250. The summed E-state index contributed by atoms with van der Waals surface area (Å²) in [6, 6.07) is 25.3. The zero-order chi connectivity index (χ0) is 22.3. The highest BCUT2D eigenvalue weighted by molar-refractivity contribution is 8.00. The minimum atomic E-state index is -0.309. The number of benzene rings is 3. The lowest BCUT2D eigenvalue weighted by molar-refractivity contribution is -0.116. The molecule has 0 aliphatic carbocycles. The number of rotatable bonds is 7. The SMILES string of the molecule is N#CCCN(C(=O)CSc1nnc(-c2ccc(F)cc2)c2ccccc12)c1ccccc1. The Kier molecular flexibility index (Phi) is 6.73. The molecule has 4 aromatic rings. The maximum absolute atomic E-state index is 13.3. The molecular weight excluding hydrogens is 423 g/mol. The van der Waals surface area contributed by atoms with Gasteiger partial charge in [0.1, 0.15) is 16.5 Å². The molecule has 3 aromatic carbocycles. The molecule has 0 bridgehead atoms. The largest absolute Gasteiger partial charge is 0.311 e. The first-order valence-electron chi connectivity index (χ1n) is 10.0. The maximum Gasteiger partial charge on any atom is 0.237 e. The Hall–Kier alpha value is -3.76. The van der Waals surface area contributed by atoms with E-state index in [1.807, 2.05) is 54.6 Å². The number of hydrogen-bond acceptors (Lipinski definition) is 5. The number of halogens is 1. The zero-order valence-electron chi connectivity index (χ0n) is 17.1. The normalized spacial score (nSPS) is 10.6. The summed E-state index contributed by atoms with van der Waals surface area (Å²) < 4.78 is 13.3. The van der Waals surface area contributed by atoms with Gasteiger partial charge in [0, 0.05) is 28.6 Å². The standard InChI is InChI=1S/C25H19FN4OS/c26-19-13-11-18(12-14-19)24-21-9-4-5-10-22(21)25(29-28-24)32-17-23(31)30(16-6-15-27)20-7-2-1-3-8-20/h1-5,7-14H,6,16-17H2. The number of aromatic nitrogens is 2. The van der Waals surface area contributed by atoms with E-state index >= 15 is 0 Å². The number of para-hydroxylation sites is 1. The number of carbonyl (C=O) groups excluding carboxylic acids is 1. The van der Waals surface area contributed by atoms with Gasteiger partial charge in [-0.15, -0.1) is 10.2 Å². The second-order valence-electron chi connectivity index (χ2n) is 6.98. The summed E-state index contributed by atoms with van der Waals surface area (Å²) in [6.45, 7) is 0.329. The van der Waals surface area contributed by atoms with Gasteiger partial charge in [-0.2, -0.15) is 5.26 Å². The molecule has 32 heavy (non-hydrogen) atoms. The molecule has 4 rings (SSSR count). The molecule has 5 nitrogen and oxygen atoms in total. The molecule has 0 saturated carbocycles. The van der Waals surface area contributed by atoms with Crippen molar-refractivity contribution in [3.8, 4) is 17.3 Å². The van der Waals surface area contributed by atoms with Gasteiger partial charge in [0.15, 0.2) is 0 Å². The molecule has 0 N–H and O–H groups in total. The molecule has 0 aliphatic rings. The predicted octanol–water partition coefficient (Wildman–Crippen LogP) is 5.47. The first-order chi connectivity index (χ1) is 15.7. The first-order valence-corrected chi connectivity index (χ1v) is 11.0. The van der Waals surface area contributed by atoms with Crippen LogP contribution in [0.15, 0.2) is 83.9 Å². The van der Waals surface area contributed by atoms with Crippen LogP contribution in [0, 0.1) is 17.1 Å². The average Bonchev–Trinajstić information content (AvgIpc) is 2.84. The topological polar surface area (TPSA) is 69.9 Å². The summed E-state index contributed by atoms with van der Waals surface area (Å²) in [5, 5.41) is 20.1. The van der Waals surface area contributed by atoms with E-state index in [-0.39, 0.29) is 23.9 Å². The fraction of sp³-hybridized carbons (Fsp3) is 0.120. The van der Waals surface area contributed by atoms with Crippen molar-refractivity contribution in [1.82, 2.24) is 10.2 Å². The predicted molar refractivity (Wildman–Crippen MR) is 125 cm³/mol. The molecule has 7 heteroatoms. The van der Waals surface area contributed by atoms with Gasteiger partial charge in [-0.3, -0.25) is 4.79 Å². The van der Waals surface area contributed by atoms with Crippen LogP contribution in [0.25, 0.3) is 22.0 Å². The summed E-state index contributed by atoms with van der Waals surface area (Å²) in [5.74, 6) is -0.254. The smallest absolute Gasteiger partial charge is 0.237 e. The fourth-order valence-electron chi connectivity index (χ4n) is 3.38. The Balaban J connectivity index is 1.59. The monoisotopic (exact) mass is 442 g/mol. The molecule has 0 fully saturated rings. The van der Waals surface area contributed by atoms with E-state index in [1.54, 1.807) is 17.0 Å². The van der Waals surface area contributed by atoms with Crippen LogP contribution in [0.5, 0.6) is 0 Å². The van der Waals surface area contributed by atoms with Crippen molar-refractivity contribution in [2.45, 2.75) is 11.4 Å². The number of amides is 1. The minimum Gasteiger partial charge on any atom is -0.311 e. The molecule has 0 atom stereocenters. The minimum absolute atomic E-state index is 0.107. The van der Waals surface area contributed by atoms with E-state index in [0.717, 1.165) is 22.0 Å². The molecule has 0 aliphatic heterocycles. The van der Waals surface area contributed by atoms with Crippen LogP contribution in [0.1, 0.15) is 6.42 Å². The van der Waals surface area contributed by atoms with Crippen molar-refractivity contribution < 1.29 is 9.18 Å². The highest BCUT2D eigenvalue weighted by Gasteiger charge is 2.18. The molecule has 158 valence electrons. The van der Waals surface area contributed by atoms with Gasteiger partial charge in [0.2, 0.25) is 5.91 Å². The summed E-state index contributed by atoms with van der Waals surface area (Å²) in [4.78, 5) is 14.6. The highest BCUT2D eigenvalue weighted by Crippen LogP contribution is 2.32. The lowest BCUT2D eigenvalue weighted by Gasteiger charge is -2.21. The highest BCUT2D eigenvalue weighted by atomic mass is 32.2. The van der Waals surface area contributed by atoms with E-state index in [2.05, 4.69) is 16.3 Å². The van der Waals surface area contributed by atoms with Gasteiger partial charge < -0.3 is 4.90 Å². The van der Waals surface area contributed by atoms with Gasteiger partial charge >= 0.3 is 0 Å². The molecule has 0 radical (unpaired) electrons. The third kappa shape index (κ3) is 4.76. The zero-order valence-corrected chi connectivity index (χ0v) is 17.9. The van der Waals surface area contributed by atoms with Crippen LogP contribution < -0.4 is 4.90 Å². The number of hydrogen-bond donors (Lipinski definition) is 0. The quantitative estimate of drug-likeness (QED) is 0.355. The third-order valence-corrected chi connectivity index (χ3v) is 5.89. The van der Waals surface area contributed by atoms with E-state index in [1.165, 1.54) is 23.9 Å². The number of fused-ring (bicyclic) bond motifs is 1. The molecule has 0 saturated heterocycles. The second kappa shape index (κ2) is 10.0. The summed E-state index contributed by atoms with van der Waals surface area (Å²) >= 11 is 1.31. The van der Waals surface area contributed by atoms with Gasteiger partial charge in [-0.1, -0.05) is 54.2 Å². The van der Waals surface area contributed by atoms with Crippen LogP contribution in [-0.2, 0) is 4.79 Å². The van der Waals surface area contributed by atoms with E-state index < -0.39 is 0 Å². The number of carbonyl (C=O) groups is 1. The average molecular weight is 443 g/mol. The second-order valence-corrected chi connectivity index (χ2v) is 7.95. The summed E-state index contributed by atoms with van der Waals surface area (Å²) in [5.41, 5.74) is 2.20. The van der Waals surface area contributed by atoms with Gasteiger partial charge in [-0.25, -0.2) is 4.39 Å². The van der Waals surface area contributed by atoms with Crippen molar-refractivity contribution >= 4 is 34.1 Å². The number of nitrogens with zero attached hydrogens (tertiary/aromatic N) is 4. The third-order valence-electron chi connectivity index (χ3n) is 4.92. The van der Waals surface area contributed by atoms with Gasteiger partial charge in [0.25, 0.3) is 0 Å². The van der Waals surface area contributed by atoms with Crippen LogP contribution in [0.3, 0.4) is 0 Å². The van der Waals surface area contributed by atoms with E-state index in [0.29, 0.717) is 17.3 Å². The Morgan fingerprint density at radius 2 is 1.62 bits per heavy atom. The van der Waals surface area contributed by atoms with Crippen molar-refractivity contribution in [3.63, 3.8) is 0 Å². The van der Waals surface area contributed by atoms with Crippen LogP contribution in [0.2, 0.25) is 0 Å². The number of thioether (sulfide) groups is 1. The maximum atomic E-state index is 13.3. The van der Waals surface area contributed by atoms with E-state index in [4.69, 9.17) is 5.26 Å². The van der Waals surface area contributed by atoms with Crippen molar-refractivity contribution in [3.05, 3.63) is 84.7 Å². The van der Waals surface area contributed by atoms with Crippen molar-refractivity contribution in [2.24, 2.45) is 0 Å². The molecule has 1 aromatic heterocycles. The van der Waals surface area contributed by atoms with Gasteiger partial charge in [0.05, 0.1) is 18.2 Å². The molecule has 1 amide bonds. The van der Waals surface area contributed by atoms with Gasteiger partial charge in [-0.05, 0) is 36.4 Å².